The van der Waals surface area contributed by atoms with Crippen LogP contribution in [-0.2, 0) is 21.4 Å². The molecule has 0 bridgehead atoms. The van der Waals surface area contributed by atoms with Crippen LogP contribution in [0, 0.1) is 0 Å². The molecule has 0 unspecified atom stereocenters. The minimum absolute atomic E-state index is 0.0466. The van der Waals surface area contributed by atoms with Gasteiger partial charge in [-0.2, -0.15) is 8.73 Å². The summed E-state index contributed by atoms with van der Waals surface area (Å²) in [5.41, 5.74) is 0.861. The maximum absolute atomic E-state index is 12.5. The molecular weight excluding hydrogens is 446 g/mol. The molecule has 3 rings (SSSR count). The van der Waals surface area contributed by atoms with Gasteiger partial charge in [-0.3, -0.25) is 4.72 Å². The topological polar surface area (TPSA) is 96.7 Å². The Morgan fingerprint density at radius 2 is 2.00 bits per heavy atom. The Balaban J connectivity index is 2.03. The molecule has 1 N–H and O–H groups in total. The summed E-state index contributed by atoms with van der Waals surface area (Å²) in [6, 6.07) is 4.78. The molecule has 108 valence electrons. The Morgan fingerprint density at radius 3 is 2.76 bits per heavy atom. The van der Waals surface area contributed by atoms with Crippen molar-refractivity contribution in [1.29, 1.82) is 0 Å². The van der Waals surface area contributed by atoms with Crippen LogP contribution in [-0.4, -0.2) is 18.4 Å². The van der Waals surface area contributed by atoms with Gasteiger partial charge in [0.25, 0.3) is 10.0 Å². The van der Waals surface area contributed by atoms with Crippen LogP contribution in [0.3, 0.4) is 0 Å². The maximum Gasteiger partial charge on any atom is 0.265 e. The number of sulfonamides is 1. The van der Waals surface area contributed by atoms with Gasteiger partial charge in [0, 0.05) is 0 Å². The van der Waals surface area contributed by atoms with Crippen molar-refractivity contribution in [3.05, 3.63) is 33.6 Å². The van der Waals surface area contributed by atoms with Gasteiger partial charge in [0.1, 0.15) is 20.9 Å². The first-order valence-corrected chi connectivity index (χ1v) is 9.19. The van der Waals surface area contributed by atoms with Gasteiger partial charge in [0.05, 0.1) is 17.6 Å². The van der Waals surface area contributed by atoms with Gasteiger partial charge in [0.15, 0.2) is 10.4 Å². The second-order valence-electron chi connectivity index (χ2n) is 3.83. The molecule has 21 heavy (non-hydrogen) atoms. The lowest BCUT2D eigenvalue weighted by Gasteiger charge is -2.10. The van der Waals surface area contributed by atoms with E-state index in [0.29, 0.717) is 16.0 Å². The molecule has 0 aliphatic carbocycles. The highest BCUT2D eigenvalue weighted by Gasteiger charge is 2.23. The Kier molecular flexibility index (Phi) is 3.90. The largest absolute Gasteiger partial charge is 0.265 e. The van der Waals surface area contributed by atoms with Crippen molar-refractivity contribution in [1.82, 2.24) is 9.97 Å². The average Bonchev–Trinajstić information content (AvgIpc) is 2.90. The molecule has 0 radical (unpaired) electrons. The zero-order valence-corrected chi connectivity index (χ0v) is 14.8. The molecule has 0 amide bonds. The highest BCUT2D eigenvalue weighted by Crippen LogP contribution is 2.38. The van der Waals surface area contributed by atoms with Crippen molar-refractivity contribution in [2.24, 2.45) is 8.73 Å². The first kappa shape index (κ1) is 14.8. The van der Waals surface area contributed by atoms with Crippen molar-refractivity contribution < 1.29 is 8.42 Å². The van der Waals surface area contributed by atoms with Gasteiger partial charge in [-0.25, -0.2) is 18.4 Å². The molecule has 2 aromatic rings. The Labute approximate surface area is 140 Å². The van der Waals surface area contributed by atoms with E-state index in [9.17, 15) is 8.42 Å². The number of nitrogens with one attached hydrogen (secondary N) is 1. The molecule has 0 atom stereocenters. The van der Waals surface area contributed by atoms with Crippen LogP contribution >= 0.6 is 31.9 Å². The van der Waals surface area contributed by atoms with Gasteiger partial charge in [-0.1, -0.05) is 6.07 Å². The van der Waals surface area contributed by atoms with Crippen molar-refractivity contribution in [3.8, 4) is 0 Å². The maximum atomic E-state index is 12.5. The summed E-state index contributed by atoms with van der Waals surface area (Å²) < 4.78 is 36.1. The number of hydrogen-bond acceptors (Lipinski definition) is 6. The standard InChI is InChI=1S/C10H5Br2N5O2S2/c11-7-4-13-10(9(12)14-7)17-21(18,19)6-3-1-2-5-8(6)16-20-15-5/h1-4H,(H,13,17). The highest BCUT2D eigenvalue weighted by atomic mass is 79.9. The molecule has 2 heterocycles. The summed E-state index contributed by atoms with van der Waals surface area (Å²) >= 11 is 7.27. The van der Waals surface area contributed by atoms with E-state index < -0.39 is 10.0 Å². The monoisotopic (exact) mass is 449 g/mol. The van der Waals surface area contributed by atoms with Crippen molar-refractivity contribution >= 4 is 70.4 Å². The number of fused-ring (bicyclic) bond motifs is 1. The number of hydrogen-bond donors (Lipinski definition) is 1. The van der Waals surface area contributed by atoms with Crippen molar-refractivity contribution in [2.75, 3.05) is 4.72 Å². The van der Waals surface area contributed by atoms with Gasteiger partial charge < -0.3 is 0 Å². The quantitative estimate of drug-likeness (QED) is 0.659. The van der Waals surface area contributed by atoms with E-state index in [-0.39, 0.29) is 15.3 Å². The lowest BCUT2D eigenvalue weighted by atomic mass is 10.3. The molecule has 1 aromatic carbocycles. The first-order valence-electron chi connectivity index (χ1n) is 5.39. The van der Waals surface area contributed by atoms with E-state index in [4.69, 9.17) is 0 Å². The number of aromatic nitrogens is 2. The predicted octanol–water partition coefficient (Wildman–Crippen LogP) is 3.53. The summed E-state index contributed by atoms with van der Waals surface area (Å²) in [5, 5.41) is 0. The second-order valence-corrected chi connectivity index (χ2v) is 7.57. The van der Waals surface area contributed by atoms with Gasteiger partial charge in [-0.15, -0.1) is 0 Å². The summed E-state index contributed by atoms with van der Waals surface area (Å²) in [6.45, 7) is 0. The normalized spacial score (nSPS) is 12.9. The zero-order chi connectivity index (χ0) is 15.0. The Hall–Kier alpha value is -1.17. The van der Waals surface area contributed by atoms with Crippen LogP contribution in [0.5, 0.6) is 0 Å². The van der Waals surface area contributed by atoms with E-state index in [2.05, 4.69) is 55.3 Å². The predicted molar refractivity (Wildman–Crippen MR) is 86.2 cm³/mol. The van der Waals surface area contributed by atoms with E-state index in [1.807, 2.05) is 0 Å². The Bertz CT molecular complexity index is 910. The molecule has 7 nitrogen and oxygen atoms in total. The molecule has 0 saturated carbocycles. The second kappa shape index (κ2) is 5.55. The van der Waals surface area contributed by atoms with E-state index in [1.54, 1.807) is 12.1 Å². The summed E-state index contributed by atoms with van der Waals surface area (Å²) in [6.07, 6.45) is 1.40. The van der Waals surface area contributed by atoms with Gasteiger partial charge >= 0.3 is 0 Å². The minimum atomic E-state index is -3.84. The number of nitrogens with zero attached hydrogens (tertiary/aromatic N) is 4. The molecular formula is C10H5Br2N5O2S2. The highest BCUT2D eigenvalue weighted by molar-refractivity contribution is 9.11. The Morgan fingerprint density at radius 1 is 1.19 bits per heavy atom. The fourth-order valence-corrected chi connectivity index (χ4v) is 4.42. The van der Waals surface area contributed by atoms with Gasteiger partial charge in [-0.05, 0) is 44.0 Å². The van der Waals surface area contributed by atoms with E-state index in [1.165, 1.54) is 12.3 Å². The van der Waals surface area contributed by atoms with Crippen LogP contribution in [0.15, 0.2) is 47.2 Å². The average molecular weight is 451 g/mol. The van der Waals surface area contributed by atoms with Crippen LogP contribution in [0.25, 0.3) is 0 Å². The molecule has 1 aliphatic heterocycles. The lowest BCUT2D eigenvalue weighted by Crippen LogP contribution is -2.14. The van der Waals surface area contributed by atoms with Crippen LogP contribution in [0.1, 0.15) is 0 Å². The number of benzene rings is 1. The zero-order valence-electron chi connectivity index (χ0n) is 9.99. The number of anilines is 1. The lowest BCUT2D eigenvalue weighted by molar-refractivity contribution is 0.601. The number of rotatable bonds is 3. The minimum Gasteiger partial charge on any atom is -0.261 e. The first-order chi connectivity index (χ1) is 9.97. The van der Waals surface area contributed by atoms with E-state index in [0.717, 1.165) is 11.4 Å². The van der Waals surface area contributed by atoms with Crippen molar-refractivity contribution in [3.63, 3.8) is 0 Å². The summed E-state index contributed by atoms with van der Waals surface area (Å²) in [4.78, 5) is 8.04. The molecule has 11 heteroatoms. The fourth-order valence-electron chi connectivity index (χ4n) is 1.60. The fraction of sp³-hybridized carbons (Fsp3) is 0. The molecule has 1 aliphatic rings. The van der Waals surface area contributed by atoms with E-state index >= 15 is 0 Å². The molecule has 1 aromatic heterocycles. The third-order valence-corrected chi connectivity index (χ3v) is 5.32. The van der Waals surface area contributed by atoms with Crippen LogP contribution in [0.4, 0.5) is 17.2 Å². The third kappa shape index (κ3) is 2.91. The van der Waals surface area contributed by atoms with Gasteiger partial charge in [0.2, 0.25) is 0 Å². The smallest absolute Gasteiger partial charge is 0.261 e. The van der Waals surface area contributed by atoms with Crippen LogP contribution < -0.4 is 4.72 Å². The van der Waals surface area contributed by atoms with Crippen molar-refractivity contribution in [2.45, 2.75) is 4.90 Å². The third-order valence-electron chi connectivity index (χ3n) is 2.47. The van der Waals surface area contributed by atoms with Crippen LogP contribution in [0.2, 0.25) is 0 Å². The summed E-state index contributed by atoms with van der Waals surface area (Å²) in [5.74, 6) is 0.0957. The number of halogens is 2. The molecule has 0 spiro atoms. The molecule has 0 fully saturated rings. The SMILES string of the molecule is O=S(=O)(Nc1ncc(Br)nc1Br)c1cccc2c1N=S=N2. The molecule has 0 saturated heterocycles. The summed E-state index contributed by atoms with van der Waals surface area (Å²) in [7, 11) is -3.84.